The maximum Gasteiger partial charge on any atom is 0.159 e. The van der Waals surface area contributed by atoms with Gasteiger partial charge in [-0.05, 0) is 32.0 Å². The summed E-state index contributed by atoms with van der Waals surface area (Å²) in [5, 5.41) is 5.37. The minimum atomic E-state index is 0.0927. The molecule has 1 aromatic heterocycles. The molecule has 0 saturated carbocycles. The van der Waals surface area contributed by atoms with Crippen LogP contribution in [0.1, 0.15) is 23.0 Å². The van der Waals surface area contributed by atoms with Gasteiger partial charge in [0.1, 0.15) is 0 Å². The number of aryl methyl sites for hydroxylation is 2. The number of benzene rings is 1. The zero-order valence-corrected chi connectivity index (χ0v) is 8.53. The van der Waals surface area contributed by atoms with Gasteiger partial charge in [0.15, 0.2) is 5.78 Å². The first kappa shape index (κ1) is 8.94. The van der Waals surface area contributed by atoms with Gasteiger partial charge in [-0.15, -0.1) is 0 Å². The fourth-order valence-corrected chi connectivity index (χ4v) is 1.54. The molecule has 0 unspecified atom stereocenters. The fraction of sp³-hybridized carbons (Fsp3) is 0.273. The molecule has 0 spiro atoms. The zero-order valence-electron chi connectivity index (χ0n) is 8.53. The van der Waals surface area contributed by atoms with Crippen molar-refractivity contribution in [2.24, 2.45) is 7.05 Å². The average Bonchev–Trinajstić information content (AvgIpc) is 2.43. The summed E-state index contributed by atoms with van der Waals surface area (Å²) in [4.78, 5) is 11.2. The number of ketones is 1. The van der Waals surface area contributed by atoms with Gasteiger partial charge in [0.2, 0.25) is 0 Å². The molecule has 0 aliphatic heterocycles. The van der Waals surface area contributed by atoms with Crippen LogP contribution < -0.4 is 0 Å². The van der Waals surface area contributed by atoms with E-state index in [2.05, 4.69) is 5.10 Å². The summed E-state index contributed by atoms with van der Waals surface area (Å²) in [6.07, 6.45) is 0. The van der Waals surface area contributed by atoms with E-state index >= 15 is 0 Å². The average molecular weight is 188 g/mol. The standard InChI is InChI=1S/C11H12N2O/c1-7-10-6-9(8(2)14)4-5-11(10)12-13(7)3/h4-6H,1-3H3. The van der Waals surface area contributed by atoms with E-state index < -0.39 is 0 Å². The molecule has 1 heterocycles. The highest BCUT2D eigenvalue weighted by Crippen LogP contribution is 2.18. The summed E-state index contributed by atoms with van der Waals surface area (Å²) in [7, 11) is 1.91. The van der Waals surface area contributed by atoms with Crippen molar-refractivity contribution in [1.29, 1.82) is 0 Å². The van der Waals surface area contributed by atoms with Crippen LogP contribution in [-0.2, 0) is 7.05 Å². The van der Waals surface area contributed by atoms with Crippen LogP contribution in [0.2, 0.25) is 0 Å². The van der Waals surface area contributed by atoms with Crippen LogP contribution in [0, 0.1) is 6.92 Å². The molecule has 0 radical (unpaired) electrons. The molecule has 0 aliphatic rings. The smallest absolute Gasteiger partial charge is 0.159 e. The van der Waals surface area contributed by atoms with Crippen molar-refractivity contribution in [1.82, 2.24) is 9.78 Å². The molecule has 1 aromatic carbocycles. The lowest BCUT2D eigenvalue weighted by atomic mass is 10.1. The third kappa shape index (κ3) is 1.21. The Morgan fingerprint density at radius 2 is 2.14 bits per heavy atom. The second-order valence-corrected chi connectivity index (χ2v) is 3.50. The number of carbonyl (C=O) groups excluding carboxylic acids is 1. The van der Waals surface area contributed by atoms with E-state index in [9.17, 15) is 4.79 Å². The van der Waals surface area contributed by atoms with Crippen molar-refractivity contribution in [3.63, 3.8) is 0 Å². The maximum absolute atomic E-state index is 11.2. The summed E-state index contributed by atoms with van der Waals surface area (Å²) >= 11 is 0. The Morgan fingerprint density at radius 3 is 2.79 bits per heavy atom. The SMILES string of the molecule is CC(=O)c1ccc2nn(C)c(C)c2c1. The second-order valence-electron chi connectivity index (χ2n) is 3.50. The number of aromatic nitrogens is 2. The lowest BCUT2D eigenvalue weighted by Crippen LogP contribution is -1.91. The van der Waals surface area contributed by atoms with Gasteiger partial charge in [-0.1, -0.05) is 0 Å². The summed E-state index contributed by atoms with van der Waals surface area (Å²) in [5.41, 5.74) is 2.77. The molecule has 2 rings (SSSR count). The van der Waals surface area contributed by atoms with E-state index in [-0.39, 0.29) is 5.78 Å². The van der Waals surface area contributed by atoms with Gasteiger partial charge in [-0.2, -0.15) is 5.10 Å². The Bertz CT molecular complexity index is 511. The summed E-state index contributed by atoms with van der Waals surface area (Å²) in [6.45, 7) is 3.58. The highest BCUT2D eigenvalue weighted by atomic mass is 16.1. The second kappa shape index (κ2) is 2.94. The largest absolute Gasteiger partial charge is 0.295 e. The number of Topliss-reactive ketones (excluding diaryl/α,β-unsaturated/α-hetero) is 1. The molecular weight excluding hydrogens is 176 g/mol. The van der Waals surface area contributed by atoms with E-state index in [1.165, 1.54) is 0 Å². The van der Waals surface area contributed by atoms with Crippen molar-refractivity contribution in [3.8, 4) is 0 Å². The first-order valence-corrected chi connectivity index (χ1v) is 4.54. The number of nitrogens with zero attached hydrogens (tertiary/aromatic N) is 2. The molecule has 0 aliphatic carbocycles. The molecule has 3 nitrogen and oxygen atoms in total. The van der Waals surface area contributed by atoms with Gasteiger partial charge in [0.25, 0.3) is 0 Å². The molecule has 2 aromatic rings. The summed E-state index contributed by atoms with van der Waals surface area (Å²) < 4.78 is 1.83. The Morgan fingerprint density at radius 1 is 1.43 bits per heavy atom. The van der Waals surface area contributed by atoms with Crippen LogP contribution >= 0.6 is 0 Å². The zero-order chi connectivity index (χ0) is 10.3. The number of rotatable bonds is 1. The Balaban J connectivity index is 2.76. The topological polar surface area (TPSA) is 34.9 Å². The van der Waals surface area contributed by atoms with E-state index in [1.807, 2.05) is 36.9 Å². The molecular formula is C11H12N2O. The van der Waals surface area contributed by atoms with E-state index in [0.29, 0.717) is 0 Å². The van der Waals surface area contributed by atoms with Crippen molar-refractivity contribution in [2.75, 3.05) is 0 Å². The monoisotopic (exact) mass is 188 g/mol. The van der Waals surface area contributed by atoms with Gasteiger partial charge in [-0.3, -0.25) is 9.48 Å². The van der Waals surface area contributed by atoms with Crippen LogP contribution in [0.4, 0.5) is 0 Å². The minimum absolute atomic E-state index is 0.0927. The highest BCUT2D eigenvalue weighted by molar-refractivity contribution is 5.98. The lowest BCUT2D eigenvalue weighted by Gasteiger charge is -1.95. The van der Waals surface area contributed by atoms with Crippen LogP contribution in [0.25, 0.3) is 10.9 Å². The van der Waals surface area contributed by atoms with Crippen molar-refractivity contribution < 1.29 is 4.79 Å². The minimum Gasteiger partial charge on any atom is -0.295 e. The van der Waals surface area contributed by atoms with E-state index in [1.54, 1.807) is 6.92 Å². The van der Waals surface area contributed by atoms with Crippen LogP contribution in [0.3, 0.4) is 0 Å². The van der Waals surface area contributed by atoms with E-state index in [0.717, 1.165) is 22.2 Å². The summed E-state index contributed by atoms with van der Waals surface area (Å²) in [5.74, 6) is 0.0927. The third-order valence-electron chi connectivity index (χ3n) is 2.54. The Labute approximate surface area is 82.3 Å². The lowest BCUT2D eigenvalue weighted by molar-refractivity contribution is 0.101. The molecule has 3 heteroatoms. The van der Waals surface area contributed by atoms with Crippen LogP contribution in [0.15, 0.2) is 18.2 Å². The molecule has 0 saturated heterocycles. The van der Waals surface area contributed by atoms with Crippen molar-refractivity contribution in [3.05, 3.63) is 29.5 Å². The maximum atomic E-state index is 11.2. The molecule has 0 amide bonds. The predicted octanol–water partition coefficient (Wildman–Crippen LogP) is 2.08. The van der Waals surface area contributed by atoms with Crippen LogP contribution in [-0.4, -0.2) is 15.6 Å². The van der Waals surface area contributed by atoms with Gasteiger partial charge in [0.05, 0.1) is 5.52 Å². The number of hydrogen-bond acceptors (Lipinski definition) is 2. The Kier molecular flexibility index (Phi) is 1.88. The van der Waals surface area contributed by atoms with Crippen molar-refractivity contribution in [2.45, 2.75) is 13.8 Å². The van der Waals surface area contributed by atoms with Gasteiger partial charge >= 0.3 is 0 Å². The molecule has 0 fully saturated rings. The van der Waals surface area contributed by atoms with Gasteiger partial charge in [0, 0.05) is 23.7 Å². The predicted molar refractivity (Wildman–Crippen MR) is 55.5 cm³/mol. The normalized spacial score (nSPS) is 10.8. The summed E-state index contributed by atoms with van der Waals surface area (Å²) in [6, 6.07) is 5.61. The number of hydrogen-bond donors (Lipinski definition) is 0. The number of carbonyl (C=O) groups is 1. The van der Waals surface area contributed by atoms with Crippen LogP contribution in [0.5, 0.6) is 0 Å². The quantitative estimate of drug-likeness (QED) is 0.642. The molecule has 72 valence electrons. The first-order valence-electron chi connectivity index (χ1n) is 4.54. The van der Waals surface area contributed by atoms with Crippen molar-refractivity contribution >= 4 is 16.7 Å². The molecule has 0 bridgehead atoms. The fourth-order valence-electron chi connectivity index (χ4n) is 1.54. The van der Waals surface area contributed by atoms with Gasteiger partial charge < -0.3 is 0 Å². The molecule has 0 N–H and O–H groups in total. The molecule has 0 atom stereocenters. The number of fused-ring (bicyclic) bond motifs is 1. The first-order chi connectivity index (χ1) is 6.59. The molecule has 14 heavy (non-hydrogen) atoms. The Hall–Kier alpha value is -1.64. The third-order valence-corrected chi connectivity index (χ3v) is 2.54. The van der Waals surface area contributed by atoms with Gasteiger partial charge in [-0.25, -0.2) is 0 Å². The highest BCUT2D eigenvalue weighted by Gasteiger charge is 2.06. The van der Waals surface area contributed by atoms with E-state index in [4.69, 9.17) is 0 Å².